The van der Waals surface area contributed by atoms with Crippen molar-refractivity contribution in [3.8, 4) is 11.5 Å². The zero-order valence-corrected chi connectivity index (χ0v) is 40.5. The van der Waals surface area contributed by atoms with Crippen LogP contribution >= 0.6 is 0 Å². The number of unbranched alkanes of at least 4 members (excludes halogenated alkanes) is 2. The number of carbonyl (C=O) groups is 1. The molecule has 72 heavy (non-hydrogen) atoms. The Balaban J connectivity index is 1.41. The molecule has 0 radical (unpaired) electrons. The summed E-state index contributed by atoms with van der Waals surface area (Å²) in [5.74, 6) is -2.10. The number of rotatable bonds is 27. The Hall–Kier alpha value is -6.83. The van der Waals surface area contributed by atoms with Gasteiger partial charge in [0.1, 0.15) is 30.8 Å². The molecular formula is C54H63N5O13. The lowest BCUT2D eigenvalue weighted by atomic mass is 9.55. The fourth-order valence-electron chi connectivity index (χ4n) is 10.2. The highest BCUT2D eigenvalue weighted by Crippen LogP contribution is 2.62. The average molecular weight is 990 g/mol. The van der Waals surface area contributed by atoms with Gasteiger partial charge in [-0.3, -0.25) is 30.0 Å². The molecule has 18 heteroatoms. The maximum absolute atomic E-state index is 15.0. The lowest BCUT2D eigenvalue weighted by Crippen LogP contribution is -2.70. The van der Waals surface area contributed by atoms with Crippen molar-refractivity contribution in [1.82, 2.24) is 9.88 Å². The summed E-state index contributed by atoms with van der Waals surface area (Å²) >= 11 is 0. The van der Waals surface area contributed by atoms with Crippen LogP contribution in [0.15, 0.2) is 120 Å². The molecule has 1 amide bonds. The number of ether oxygens (including phenoxy) is 4. The molecule has 4 aromatic rings. The molecule has 0 saturated heterocycles. The van der Waals surface area contributed by atoms with Crippen LogP contribution in [0.1, 0.15) is 78.9 Å². The van der Waals surface area contributed by atoms with Crippen LogP contribution in [0.5, 0.6) is 11.5 Å². The number of nitro benzene ring substituents is 2. The number of allylic oxidation sites excluding steroid dienone is 1. The van der Waals surface area contributed by atoms with Crippen LogP contribution in [0.2, 0.25) is 0 Å². The van der Waals surface area contributed by atoms with Gasteiger partial charge in [-0.15, -0.1) is 6.58 Å². The fourth-order valence-corrected chi connectivity index (χ4v) is 10.2. The molecule has 0 unspecified atom stereocenters. The van der Waals surface area contributed by atoms with Gasteiger partial charge in [0.2, 0.25) is 11.7 Å². The zero-order valence-electron chi connectivity index (χ0n) is 40.5. The number of non-ortho nitro benzene ring substituents is 2. The van der Waals surface area contributed by atoms with Gasteiger partial charge in [-0.1, -0.05) is 36.2 Å². The molecule has 0 bridgehead atoms. The smallest absolute Gasteiger partial charge is 0.269 e. The summed E-state index contributed by atoms with van der Waals surface area (Å²) < 4.78 is 26.7. The van der Waals surface area contributed by atoms with Gasteiger partial charge in [-0.05, 0) is 122 Å². The highest BCUT2D eigenvalue weighted by molar-refractivity contribution is 6.03. The number of hydrogen-bond donors (Lipinski definition) is 3. The number of hydrogen-bond acceptors (Lipinski definition) is 15. The number of nitro groups is 2. The lowest BCUT2D eigenvalue weighted by Gasteiger charge is -2.60. The average Bonchev–Trinajstić information content (AvgIpc) is 3.38. The molecule has 1 aromatic heterocycles. The summed E-state index contributed by atoms with van der Waals surface area (Å²) in [5, 5.41) is 57.4. The van der Waals surface area contributed by atoms with Crippen LogP contribution in [0.25, 0.3) is 6.08 Å². The molecule has 3 aromatic carbocycles. The molecule has 382 valence electrons. The van der Waals surface area contributed by atoms with Gasteiger partial charge in [0.05, 0.1) is 53.6 Å². The Bertz CT molecular complexity index is 2590. The van der Waals surface area contributed by atoms with Gasteiger partial charge in [0.25, 0.3) is 11.4 Å². The van der Waals surface area contributed by atoms with Crippen LogP contribution in [0, 0.1) is 44.9 Å². The molecule has 2 aliphatic carbocycles. The Labute approximate surface area is 418 Å². The number of fused-ring (bicyclic) bond motifs is 2. The third kappa shape index (κ3) is 12.8. The molecule has 1 saturated carbocycles. The SMILES string of the molecule is C=CCO[C@@]12Oc3ccc(OCc4cccc(C)n4)cc3[C@H]3[C@H](CCCCO)[C@@H](CCCCO)C=C(C(=NOCc4ccc([N+](=O)[O-])cc4)C[C@@H]1N(CCOCCO)C(=O)C=Cc1ccc([N+](=O)[O-])cc1)[C@H]32. The van der Waals surface area contributed by atoms with E-state index in [4.69, 9.17) is 28.9 Å². The molecule has 1 fully saturated rings. The van der Waals surface area contributed by atoms with Crippen molar-refractivity contribution < 1.29 is 53.7 Å². The van der Waals surface area contributed by atoms with E-state index in [-0.39, 0.29) is 94.9 Å². The number of pyridine rings is 1. The predicted octanol–water partition coefficient (Wildman–Crippen LogP) is 8.17. The molecule has 1 aliphatic heterocycles. The van der Waals surface area contributed by atoms with Gasteiger partial charge < -0.3 is 44.0 Å². The minimum atomic E-state index is -1.61. The number of nitrogens with zero attached hydrogens (tertiary/aromatic N) is 5. The van der Waals surface area contributed by atoms with E-state index in [0.29, 0.717) is 54.0 Å². The van der Waals surface area contributed by atoms with Crippen molar-refractivity contribution in [1.29, 1.82) is 0 Å². The first kappa shape index (κ1) is 53.0. The number of carbonyl (C=O) groups excluding carboxylic acids is 1. The second kappa shape index (κ2) is 25.5. The van der Waals surface area contributed by atoms with E-state index >= 15 is 4.79 Å². The topological polar surface area (TPSA) is 239 Å². The molecule has 6 atom stereocenters. The summed E-state index contributed by atoms with van der Waals surface area (Å²) in [5.41, 5.74) is 4.81. The van der Waals surface area contributed by atoms with Gasteiger partial charge >= 0.3 is 0 Å². The first-order valence-corrected chi connectivity index (χ1v) is 24.4. The summed E-state index contributed by atoms with van der Waals surface area (Å²) in [6.45, 7) is 6.00. The van der Waals surface area contributed by atoms with Crippen molar-refractivity contribution in [2.45, 2.75) is 82.8 Å². The molecule has 7 rings (SSSR count). The fraction of sp³-hybridized carbons (Fsp3) is 0.426. The number of aliphatic hydroxyl groups is 3. The van der Waals surface area contributed by atoms with E-state index in [1.165, 1.54) is 30.3 Å². The number of aromatic nitrogens is 1. The van der Waals surface area contributed by atoms with E-state index < -0.39 is 33.5 Å². The largest absolute Gasteiger partial charge is 0.487 e. The zero-order chi connectivity index (χ0) is 51.0. The third-order valence-electron chi connectivity index (χ3n) is 13.4. The summed E-state index contributed by atoms with van der Waals surface area (Å²) in [6.07, 6.45) is 10.9. The maximum atomic E-state index is 15.0. The van der Waals surface area contributed by atoms with Crippen molar-refractivity contribution in [2.24, 2.45) is 22.9 Å². The first-order chi connectivity index (χ1) is 35.0. The molecule has 0 spiro atoms. The Morgan fingerprint density at radius 1 is 0.917 bits per heavy atom. The lowest BCUT2D eigenvalue weighted by molar-refractivity contribution is -0.385. The van der Waals surface area contributed by atoms with Crippen LogP contribution < -0.4 is 9.47 Å². The Kier molecular flexibility index (Phi) is 18.8. The van der Waals surface area contributed by atoms with Crippen molar-refractivity contribution in [2.75, 3.05) is 46.2 Å². The predicted molar refractivity (Wildman–Crippen MR) is 268 cm³/mol. The van der Waals surface area contributed by atoms with Crippen LogP contribution in [-0.2, 0) is 32.3 Å². The van der Waals surface area contributed by atoms with Crippen LogP contribution in [-0.4, -0.2) is 105 Å². The molecule has 18 nitrogen and oxygen atoms in total. The second-order valence-electron chi connectivity index (χ2n) is 18.1. The number of aryl methyl sites for hydroxylation is 1. The van der Waals surface area contributed by atoms with Crippen LogP contribution in [0.4, 0.5) is 11.4 Å². The van der Waals surface area contributed by atoms with Gasteiger partial charge in [0.15, 0.2) is 0 Å². The Morgan fingerprint density at radius 3 is 2.32 bits per heavy atom. The summed E-state index contributed by atoms with van der Waals surface area (Å²) in [6, 6.07) is 22.3. The monoisotopic (exact) mass is 989 g/mol. The van der Waals surface area contributed by atoms with E-state index in [2.05, 4.69) is 17.6 Å². The van der Waals surface area contributed by atoms with E-state index in [1.807, 2.05) is 43.3 Å². The Morgan fingerprint density at radius 2 is 1.64 bits per heavy atom. The minimum absolute atomic E-state index is 0.0143. The molecule has 3 aliphatic rings. The highest BCUT2D eigenvalue weighted by atomic mass is 16.7. The van der Waals surface area contributed by atoms with Gasteiger partial charge in [-0.2, -0.15) is 0 Å². The summed E-state index contributed by atoms with van der Waals surface area (Å²) in [4.78, 5) is 49.3. The van der Waals surface area contributed by atoms with E-state index in [9.17, 15) is 35.5 Å². The first-order valence-electron chi connectivity index (χ1n) is 24.4. The van der Waals surface area contributed by atoms with Crippen molar-refractivity contribution in [3.05, 3.63) is 164 Å². The molecule has 2 heterocycles. The second-order valence-corrected chi connectivity index (χ2v) is 18.1. The standard InChI is InChI=1S/C54H63N5O13/c1-3-29-70-54-50(57(25-30-68-31-28-62)51(63)24-17-38-13-18-42(19-14-38)58(64)65)34-48(56-71-35-39-15-20-43(21-16-39)59(66)67)46-32-40(10-4-6-26-60)45(12-5-7-27-61)52(53(46)54)47-33-44(22-23-49(47)72-54)69-36-41-11-8-9-37(2)55-41/h3,8-9,11,13-24,32-33,40,45,50,52-53,60-62H,1,4-7,10,12,25-31,34-36H2,2H3/t40-,45+,50-,52+,53+,54+/m0/s1. The number of amides is 1. The van der Waals surface area contributed by atoms with E-state index in [0.717, 1.165) is 35.4 Å². The maximum Gasteiger partial charge on any atom is 0.269 e. The van der Waals surface area contributed by atoms with Crippen LogP contribution in [0.3, 0.4) is 0 Å². The molecular weight excluding hydrogens is 927 g/mol. The van der Waals surface area contributed by atoms with Gasteiger partial charge in [-0.25, -0.2) is 0 Å². The van der Waals surface area contributed by atoms with Crippen molar-refractivity contribution in [3.63, 3.8) is 0 Å². The number of benzene rings is 3. The normalized spacial score (nSPS) is 21.5. The highest BCUT2D eigenvalue weighted by Gasteiger charge is 2.65. The van der Waals surface area contributed by atoms with E-state index in [1.54, 1.807) is 41.3 Å². The third-order valence-corrected chi connectivity index (χ3v) is 13.4. The number of oxime groups is 1. The minimum Gasteiger partial charge on any atom is -0.487 e. The van der Waals surface area contributed by atoms with Crippen molar-refractivity contribution >= 4 is 29.1 Å². The quantitative estimate of drug-likeness (QED) is 0.0168. The molecule has 3 N–H and O–H groups in total. The number of aliphatic hydroxyl groups excluding tert-OH is 3. The summed E-state index contributed by atoms with van der Waals surface area (Å²) in [7, 11) is 0. The van der Waals surface area contributed by atoms with Gasteiger partial charge in [0, 0.05) is 73.7 Å².